The van der Waals surface area contributed by atoms with Gasteiger partial charge in [-0.25, -0.2) is 23.2 Å². The molecule has 0 spiro atoms. The molecule has 0 unspecified atom stereocenters. The number of nitrogens with one attached hydrogen (secondary N) is 1. The van der Waals surface area contributed by atoms with Crippen LogP contribution >= 0.6 is 0 Å². The first kappa shape index (κ1) is 30.0. The quantitative estimate of drug-likeness (QED) is 0.309. The first-order valence-corrected chi connectivity index (χ1v) is 14.2. The monoisotopic (exact) mass is 556 g/mol. The Bertz CT molecular complexity index is 1260. The van der Waals surface area contributed by atoms with Crippen LogP contribution in [0.1, 0.15) is 31.4 Å². The average molecular weight is 557 g/mol. The predicted molar refractivity (Wildman–Crippen MR) is 147 cm³/mol. The lowest BCUT2D eigenvalue weighted by molar-refractivity contribution is 0.0846. The van der Waals surface area contributed by atoms with Crippen LogP contribution in [0, 0.1) is 5.92 Å². The SMILES string of the molecule is COc1ccc(S(=O)(=O)N(CC(C)C)C[C@@H](O)[C@H](CCc2ccccc2)NC(=O)OCc2cncnc2)cc1. The fourth-order valence-electron chi connectivity index (χ4n) is 3.98. The summed E-state index contributed by atoms with van der Waals surface area (Å²) in [6, 6.07) is 15.0. The number of hydrogen-bond acceptors (Lipinski definition) is 8. The number of carbonyl (C=O) groups is 1. The van der Waals surface area contributed by atoms with Crippen LogP contribution in [0.5, 0.6) is 5.75 Å². The van der Waals surface area contributed by atoms with E-state index in [4.69, 9.17) is 9.47 Å². The summed E-state index contributed by atoms with van der Waals surface area (Å²) in [5, 5.41) is 14.0. The van der Waals surface area contributed by atoms with Crippen LogP contribution in [0.3, 0.4) is 0 Å². The molecule has 1 amide bonds. The highest BCUT2D eigenvalue weighted by Crippen LogP contribution is 2.22. The van der Waals surface area contributed by atoms with Crippen LogP contribution in [0.4, 0.5) is 4.79 Å². The highest BCUT2D eigenvalue weighted by molar-refractivity contribution is 7.89. The minimum atomic E-state index is -3.93. The Labute approximate surface area is 230 Å². The van der Waals surface area contributed by atoms with Gasteiger partial charge in [0.2, 0.25) is 10.0 Å². The second-order valence-electron chi connectivity index (χ2n) is 9.56. The molecule has 10 nitrogen and oxygen atoms in total. The number of nitrogens with zero attached hydrogens (tertiary/aromatic N) is 3. The number of aryl methyl sites for hydroxylation is 1. The summed E-state index contributed by atoms with van der Waals surface area (Å²) in [7, 11) is -2.43. The number of alkyl carbamates (subject to hydrolysis) is 1. The highest BCUT2D eigenvalue weighted by Gasteiger charge is 2.31. The number of methoxy groups -OCH3 is 1. The van der Waals surface area contributed by atoms with E-state index >= 15 is 0 Å². The van der Waals surface area contributed by atoms with Crippen molar-refractivity contribution in [2.45, 2.75) is 50.3 Å². The van der Waals surface area contributed by atoms with Gasteiger partial charge in [-0.05, 0) is 48.6 Å². The maximum atomic E-state index is 13.5. The molecule has 0 fully saturated rings. The molecule has 0 aliphatic heterocycles. The molecule has 1 heterocycles. The van der Waals surface area contributed by atoms with E-state index in [-0.39, 0.29) is 30.5 Å². The van der Waals surface area contributed by atoms with E-state index in [1.54, 1.807) is 12.1 Å². The Morgan fingerprint density at radius 2 is 1.67 bits per heavy atom. The van der Waals surface area contributed by atoms with Crippen molar-refractivity contribution in [2.75, 3.05) is 20.2 Å². The number of amides is 1. The lowest BCUT2D eigenvalue weighted by atomic mass is 10.0. The summed E-state index contributed by atoms with van der Waals surface area (Å²) in [5.74, 6) is 0.536. The Balaban J connectivity index is 1.77. The van der Waals surface area contributed by atoms with E-state index in [2.05, 4.69) is 15.3 Å². The highest BCUT2D eigenvalue weighted by atomic mass is 32.2. The largest absolute Gasteiger partial charge is 0.497 e. The van der Waals surface area contributed by atoms with E-state index in [1.807, 2.05) is 44.2 Å². The molecule has 2 N–H and O–H groups in total. The van der Waals surface area contributed by atoms with Gasteiger partial charge in [0.15, 0.2) is 0 Å². The van der Waals surface area contributed by atoms with E-state index in [0.29, 0.717) is 24.2 Å². The van der Waals surface area contributed by atoms with Crippen LogP contribution in [0.15, 0.2) is 78.2 Å². The molecular formula is C28H36N4O6S. The van der Waals surface area contributed by atoms with Gasteiger partial charge in [-0.1, -0.05) is 44.2 Å². The van der Waals surface area contributed by atoms with Gasteiger partial charge < -0.3 is 19.9 Å². The molecule has 0 saturated heterocycles. The van der Waals surface area contributed by atoms with Gasteiger partial charge in [0.05, 0.1) is 24.2 Å². The minimum absolute atomic E-state index is 0.000919. The molecule has 11 heteroatoms. The summed E-state index contributed by atoms with van der Waals surface area (Å²) < 4.78 is 38.8. The third-order valence-corrected chi connectivity index (χ3v) is 7.84. The maximum Gasteiger partial charge on any atom is 0.407 e. The van der Waals surface area contributed by atoms with Crippen LogP contribution in [0.2, 0.25) is 0 Å². The van der Waals surface area contributed by atoms with Gasteiger partial charge >= 0.3 is 6.09 Å². The molecule has 0 aliphatic carbocycles. The Morgan fingerprint density at radius 1 is 1.00 bits per heavy atom. The van der Waals surface area contributed by atoms with Crippen molar-refractivity contribution in [3.05, 3.63) is 84.4 Å². The second kappa shape index (κ2) is 14.6. The first-order valence-electron chi connectivity index (χ1n) is 12.7. The fraction of sp³-hybridized carbons (Fsp3) is 0.393. The fourth-order valence-corrected chi connectivity index (χ4v) is 5.61. The van der Waals surface area contributed by atoms with Crippen LogP contribution < -0.4 is 10.1 Å². The maximum absolute atomic E-state index is 13.5. The Hall–Kier alpha value is -3.54. The van der Waals surface area contributed by atoms with Gasteiger partial charge in [-0.2, -0.15) is 4.31 Å². The van der Waals surface area contributed by atoms with Crippen molar-refractivity contribution in [2.24, 2.45) is 5.92 Å². The zero-order valence-corrected chi connectivity index (χ0v) is 23.3. The molecule has 0 saturated carbocycles. The minimum Gasteiger partial charge on any atom is -0.497 e. The zero-order valence-electron chi connectivity index (χ0n) is 22.4. The van der Waals surface area contributed by atoms with Gasteiger partial charge in [0.1, 0.15) is 18.7 Å². The number of ether oxygens (including phenoxy) is 2. The van der Waals surface area contributed by atoms with E-state index in [1.165, 1.54) is 42.3 Å². The summed E-state index contributed by atoms with van der Waals surface area (Å²) >= 11 is 0. The normalized spacial score (nSPS) is 13.2. The summed E-state index contributed by atoms with van der Waals surface area (Å²) in [6.07, 6.45) is 3.45. The molecule has 0 aliphatic rings. The lowest BCUT2D eigenvalue weighted by Gasteiger charge is -2.30. The van der Waals surface area contributed by atoms with Crippen molar-refractivity contribution >= 4 is 16.1 Å². The second-order valence-corrected chi connectivity index (χ2v) is 11.5. The average Bonchev–Trinajstić information content (AvgIpc) is 2.94. The third kappa shape index (κ3) is 9.31. The third-order valence-electron chi connectivity index (χ3n) is 6.00. The van der Waals surface area contributed by atoms with Gasteiger partial charge in [-0.15, -0.1) is 0 Å². The molecule has 210 valence electrons. The number of hydrogen-bond donors (Lipinski definition) is 2. The van der Waals surface area contributed by atoms with Crippen LogP contribution in [-0.2, 0) is 27.8 Å². The zero-order chi connectivity index (χ0) is 28.3. The molecule has 2 atom stereocenters. The summed E-state index contributed by atoms with van der Waals surface area (Å²) in [5.41, 5.74) is 1.64. The number of benzene rings is 2. The molecular weight excluding hydrogens is 520 g/mol. The van der Waals surface area contributed by atoms with E-state index in [0.717, 1.165) is 5.56 Å². The van der Waals surface area contributed by atoms with Gasteiger partial charge in [-0.3, -0.25) is 0 Å². The standard InChI is InChI=1S/C28H36N4O6S/c1-21(2)17-32(39(35,36)25-12-10-24(37-3)11-13-25)18-27(33)26(14-9-22-7-5-4-6-8-22)31-28(34)38-19-23-15-29-20-30-16-23/h4-8,10-13,15-16,20-21,26-27,33H,9,14,17-19H2,1-3H3,(H,31,34)/t26-,27+/m0/s1. The van der Waals surface area contributed by atoms with Crippen molar-refractivity contribution in [3.63, 3.8) is 0 Å². The smallest absolute Gasteiger partial charge is 0.407 e. The number of aromatic nitrogens is 2. The number of carbonyl (C=O) groups excluding carboxylic acids is 1. The molecule has 39 heavy (non-hydrogen) atoms. The predicted octanol–water partition coefficient (Wildman–Crippen LogP) is 3.42. The van der Waals surface area contributed by atoms with E-state index in [9.17, 15) is 18.3 Å². The number of aliphatic hydroxyl groups is 1. The van der Waals surface area contributed by atoms with Crippen molar-refractivity contribution in [1.29, 1.82) is 0 Å². The van der Waals surface area contributed by atoms with Crippen LogP contribution in [0.25, 0.3) is 0 Å². The summed E-state index contributed by atoms with van der Waals surface area (Å²) in [6.45, 7) is 3.74. The van der Waals surface area contributed by atoms with Crippen LogP contribution in [-0.4, -0.2) is 66.2 Å². The topological polar surface area (TPSA) is 131 Å². The van der Waals surface area contributed by atoms with Crippen molar-refractivity contribution < 1.29 is 27.8 Å². The first-order chi connectivity index (χ1) is 18.7. The Morgan fingerprint density at radius 3 is 2.28 bits per heavy atom. The van der Waals surface area contributed by atoms with Gasteiger partial charge in [0.25, 0.3) is 0 Å². The number of rotatable bonds is 14. The molecule has 1 aromatic heterocycles. The molecule has 0 bridgehead atoms. The Kier molecular flexibility index (Phi) is 11.2. The van der Waals surface area contributed by atoms with E-state index < -0.39 is 28.3 Å². The number of aliphatic hydroxyl groups excluding tert-OH is 1. The molecule has 2 aromatic carbocycles. The van der Waals surface area contributed by atoms with Crippen molar-refractivity contribution in [1.82, 2.24) is 19.6 Å². The summed E-state index contributed by atoms with van der Waals surface area (Å²) in [4.78, 5) is 20.5. The molecule has 0 radical (unpaired) electrons. The van der Waals surface area contributed by atoms with Gasteiger partial charge in [0, 0.05) is 31.0 Å². The van der Waals surface area contributed by atoms with Crippen molar-refractivity contribution in [3.8, 4) is 5.75 Å². The number of sulfonamides is 1. The molecule has 3 aromatic rings. The molecule has 3 rings (SSSR count). The lowest BCUT2D eigenvalue weighted by Crippen LogP contribution is -2.50.